The number of halogens is 1. The van der Waals surface area contributed by atoms with E-state index in [0.29, 0.717) is 0 Å². The Morgan fingerprint density at radius 3 is 1.10 bits per heavy atom. The molecule has 0 amide bonds. The van der Waals surface area contributed by atoms with Crippen molar-refractivity contribution in [2.75, 3.05) is 0 Å². The lowest BCUT2D eigenvalue weighted by Crippen LogP contribution is -1.95. The molecule has 0 saturated heterocycles. The van der Waals surface area contributed by atoms with Gasteiger partial charge < -0.3 is 18.7 Å². The number of nitrogens with one attached hydrogen (secondary N) is 1. The van der Waals surface area contributed by atoms with Crippen LogP contribution in [-0.4, -0.2) is 18.7 Å². The molecule has 0 fully saturated rings. The summed E-state index contributed by atoms with van der Waals surface area (Å²) in [5.41, 5.74) is 33.3. The highest BCUT2D eigenvalue weighted by Crippen LogP contribution is 2.51. The van der Waals surface area contributed by atoms with Gasteiger partial charge in [0.15, 0.2) is 0 Å². The Morgan fingerprint density at radius 1 is 0.179 bits per heavy atom. The van der Waals surface area contributed by atoms with Gasteiger partial charge in [-0.05, 0) is 231 Å². The molecule has 0 bridgehead atoms. The summed E-state index contributed by atoms with van der Waals surface area (Å²) >= 11 is 6.10. The van der Waals surface area contributed by atoms with Crippen molar-refractivity contribution in [2.24, 2.45) is 0 Å². The van der Waals surface area contributed by atoms with Crippen LogP contribution in [0, 0.1) is 0 Å². The van der Waals surface area contributed by atoms with Gasteiger partial charge in [0.2, 0.25) is 0 Å². The highest BCUT2D eigenvalue weighted by molar-refractivity contribution is 6.32. The molecule has 4 nitrogen and oxygen atoms in total. The van der Waals surface area contributed by atoms with Crippen LogP contribution in [-0.2, 0) is 0 Å². The number of aromatic amines is 1. The molecule has 0 aliphatic heterocycles. The Labute approximate surface area is 679 Å². The average molecular weight is 1510 g/mol. The third-order valence-corrected chi connectivity index (χ3v) is 25.0. The quantitative estimate of drug-likeness (QED) is 0.165. The van der Waals surface area contributed by atoms with E-state index < -0.39 is 0 Å². The van der Waals surface area contributed by atoms with Crippen molar-refractivity contribution in [1.82, 2.24) is 18.7 Å². The molecule has 0 radical (unpaired) electrons. The van der Waals surface area contributed by atoms with E-state index in [9.17, 15) is 0 Å². The van der Waals surface area contributed by atoms with Crippen molar-refractivity contribution in [3.05, 3.63) is 418 Å². The third kappa shape index (κ3) is 10.6. The molecule has 0 unspecified atom stereocenters. The van der Waals surface area contributed by atoms with Gasteiger partial charge in [0.1, 0.15) is 0 Å². The summed E-state index contributed by atoms with van der Waals surface area (Å²) in [6.07, 6.45) is 0. The normalized spacial score (nSPS) is 12.0. The van der Waals surface area contributed by atoms with Crippen LogP contribution in [0.5, 0.6) is 0 Å². The van der Waals surface area contributed by atoms with E-state index in [4.69, 9.17) is 11.6 Å². The van der Waals surface area contributed by atoms with Crippen LogP contribution in [0.15, 0.2) is 413 Å². The zero-order chi connectivity index (χ0) is 76.9. The fourth-order valence-electron chi connectivity index (χ4n) is 19.5. The highest BCUT2D eigenvalue weighted by Gasteiger charge is 2.26. The molecule has 117 heavy (non-hydrogen) atoms. The SMILES string of the molecule is Clc1ccc2c(c1)-c1cccc3cccc-2c13.c1ccc(-c2cccc(-n3c4ccc(-c5ccc6[nH]c7ccccc7c6c5)cc4c4ccc5ccccc5c43)c2)cc1.c1ccc(-c2cccc(-n3c4ccc(-c5ccc6c(c5)c5ccccc5n6-c5ccc6c(c5)-c5cccc7cccc-6c57)cc4c4ccc5ccccc5c43)c2)cc1. The number of nitrogens with zero attached hydrogens (tertiary/aromatic N) is 3. The summed E-state index contributed by atoms with van der Waals surface area (Å²) < 4.78 is 7.37. The molecule has 0 atom stereocenters. The largest absolute Gasteiger partial charge is 0.355 e. The summed E-state index contributed by atoms with van der Waals surface area (Å²) in [5, 5.41) is 21.2. The Balaban J connectivity index is 0.000000115. The lowest BCUT2D eigenvalue weighted by atomic mass is 10.00. The van der Waals surface area contributed by atoms with Gasteiger partial charge in [0, 0.05) is 87.0 Å². The first-order valence-electron chi connectivity index (χ1n) is 40.2. The molecular formula is C112H69ClN4. The summed E-state index contributed by atoms with van der Waals surface area (Å²) in [6, 6.07) is 150. The van der Waals surface area contributed by atoms with Gasteiger partial charge in [-0.3, -0.25) is 0 Å². The number of rotatable bonds is 7. The van der Waals surface area contributed by atoms with Gasteiger partial charge in [0.25, 0.3) is 0 Å². The summed E-state index contributed by atoms with van der Waals surface area (Å²) in [6.45, 7) is 0. The van der Waals surface area contributed by atoms with Crippen molar-refractivity contribution in [1.29, 1.82) is 0 Å². The fourth-order valence-corrected chi connectivity index (χ4v) is 19.7. The molecule has 4 heterocycles. The molecule has 2 aliphatic rings. The van der Waals surface area contributed by atoms with E-state index >= 15 is 0 Å². The van der Waals surface area contributed by atoms with Gasteiger partial charge in [-0.1, -0.05) is 315 Å². The Kier molecular flexibility index (Phi) is 15.1. The van der Waals surface area contributed by atoms with Gasteiger partial charge in [0.05, 0.1) is 33.1 Å². The average Bonchev–Trinajstić information content (AvgIpc) is 1.65. The number of aromatic nitrogens is 4. The second-order valence-corrected chi connectivity index (χ2v) is 31.6. The molecule has 0 spiro atoms. The lowest BCUT2D eigenvalue weighted by Gasteiger charge is -2.12. The number of benzene rings is 20. The van der Waals surface area contributed by atoms with Crippen molar-refractivity contribution in [3.63, 3.8) is 0 Å². The number of para-hydroxylation sites is 2. The van der Waals surface area contributed by atoms with E-state index in [1.165, 1.54) is 231 Å². The first-order chi connectivity index (χ1) is 57.9. The van der Waals surface area contributed by atoms with Crippen LogP contribution < -0.4 is 0 Å². The minimum atomic E-state index is 0.800. The van der Waals surface area contributed by atoms with E-state index in [0.717, 1.165) is 10.7 Å². The van der Waals surface area contributed by atoms with E-state index in [-0.39, 0.29) is 0 Å². The highest BCUT2D eigenvalue weighted by atomic mass is 35.5. The van der Waals surface area contributed by atoms with Crippen LogP contribution in [0.4, 0.5) is 0 Å². The van der Waals surface area contributed by atoms with Crippen molar-refractivity contribution >= 4 is 142 Å². The third-order valence-electron chi connectivity index (χ3n) is 24.8. The molecule has 20 aromatic carbocycles. The van der Waals surface area contributed by atoms with Crippen LogP contribution in [0.25, 0.3) is 236 Å². The molecule has 0 saturated carbocycles. The van der Waals surface area contributed by atoms with Crippen molar-refractivity contribution < 1.29 is 0 Å². The van der Waals surface area contributed by atoms with E-state index in [1.54, 1.807) is 0 Å². The van der Waals surface area contributed by atoms with Gasteiger partial charge in [-0.15, -0.1) is 0 Å². The van der Waals surface area contributed by atoms with Crippen molar-refractivity contribution in [3.8, 4) is 106 Å². The van der Waals surface area contributed by atoms with Gasteiger partial charge >= 0.3 is 0 Å². The van der Waals surface area contributed by atoms with Crippen LogP contribution >= 0.6 is 11.6 Å². The number of hydrogen-bond acceptors (Lipinski definition) is 0. The number of hydrogen-bond donors (Lipinski definition) is 1. The number of fused-ring (bicyclic) bond motifs is 22. The maximum atomic E-state index is 6.10. The van der Waals surface area contributed by atoms with Crippen LogP contribution in [0.3, 0.4) is 0 Å². The standard InChI is InChI=1S/C56H34N2.C40H26N2.C16H9Cl/c1-2-11-35(12-3-1)38-16-8-17-41(31-38)58-54-30-25-40(33-51(54)48-27-23-36-13-4-5-18-43(36)56(48)58)39-24-29-53-50(32-39)45-19-6-7-22-52(45)57(53)42-26-28-44-46-20-9-14-37-15-10-21-47(55(37)46)49(44)34-42;1-2-9-26(10-3-1)28-12-8-13-31(23-28)42-39-22-19-30(25-36(39)34-20-17-27-11-4-5-14-32(27)40(34)42)29-18-21-38-35(24-29)33-15-6-7-16-37(33)41-38;17-11-7-8-12-13-5-1-3-10-4-2-6-14(16(10)13)15(12)9-11/h1-34H;1-25,41H;1-9H. The summed E-state index contributed by atoms with van der Waals surface area (Å²) in [4.78, 5) is 3.56. The lowest BCUT2D eigenvalue weighted by molar-refractivity contribution is 1.18. The van der Waals surface area contributed by atoms with Crippen LogP contribution in [0.2, 0.25) is 5.02 Å². The molecule has 544 valence electrons. The minimum Gasteiger partial charge on any atom is -0.355 e. The second-order valence-electron chi connectivity index (χ2n) is 31.2. The summed E-state index contributed by atoms with van der Waals surface area (Å²) in [5.74, 6) is 0. The minimum absolute atomic E-state index is 0.800. The molecule has 5 heteroatoms. The maximum Gasteiger partial charge on any atom is 0.0619 e. The predicted octanol–water partition coefficient (Wildman–Crippen LogP) is 31.2. The Morgan fingerprint density at radius 2 is 0.556 bits per heavy atom. The van der Waals surface area contributed by atoms with Crippen molar-refractivity contribution in [2.45, 2.75) is 0 Å². The summed E-state index contributed by atoms with van der Waals surface area (Å²) in [7, 11) is 0. The fraction of sp³-hybridized carbons (Fsp3) is 0. The van der Waals surface area contributed by atoms with E-state index in [1.807, 2.05) is 6.07 Å². The monoisotopic (exact) mass is 1500 g/mol. The Bertz CT molecular complexity index is 8270. The first-order valence-corrected chi connectivity index (χ1v) is 40.6. The molecule has 2 aliphatic carbocycles. The first kappa shape index (κ1) is 66.5. The molecule has 26 rings (SSSR count). The topological polar surface area (TPSA) is 30.6 Å². The molecule has 1 N–H and O–H groups in total. The number of H-pyrrole nitrogens is 1. The van der Waals surface area contributed by atoms with Crippen LogP contribution in [0.1, 0.15) is 0 Å². The smallest absolute Gasteiger partial charge is 0.0619 e. The maximum absolute atomic E-state index is 6.10. The Hall–Kier alpha value is -15.1. The van der Waals surface area contributed by atoms with Gasteiger partial charge in [-0.2, -0.15) is 0 Å². The van der Waals surface area contributed by atoms with E-state index in [2.05, 4.69) is 425 Å². The zero-order valence-electron chi connectivity index (χ0n) is 63.5. The molecule has 4 aromatic heterocycles. The molecule has 24 aromatic rings. The molecular weight excluding hydrogens is 1440 g/mol. The zero-order valence-corrected chi connectivity index (χ0v) is 64.2. The van der Waals surface area contributed by atoms with Gasteiger partial charge in [-0.25, -0.2) is 0 Å². The second kappa shape index (κ2) is 26.5. The predicted molar refractivity (Wildman–Crippen MR) is 497 cm³/mol.